The monoisotopic (exact) mass is 488 g/mol. The second-order valence-electron chi connectivity index (χ2n) is 11.3. The van der Waals surface area contributed by atoms with E-state index in [9.17, 15) is 9.59 Å². The van der Waals surface area contributed by atoms with Gasteiger partial charge in [0.05, 0.1) is 0 Å². The van der Waals surface area contributed by atoms with E-state index in [4.69, 9.17) is 32.7 Å². The summed E-state index contributed by atoms with van der Waals surface area (Å²) in [5.41, 5.74) is 1.34. The molecule has 2 aliphatic carbocycles. The van der Waals surface area contributed by atoms with Crippen LogP contribution in [0.1, 0.15) is 77.6 Å². The molecule has 2 aromatic carbocycles. The SMILES string of the molecule is CC1(C)c2ccc(OC(=O)Cl)cc2C2(c3cc(OC(=O)Cl)ccc3C(C)(C)C2(C)C)C1(C)C. The second-order valence-corrected chi connectivity index (χ2v) is 12.0. The van der Waals surface area contributed by atoms with Gasteiger partial charge in [-0.2, -0.15) is 0 Å². The molecular formula is C27H30Cl2O4. The van der Waals surface area contributed by atoms with Crippen molar-refractivity contribution in [3.63, 3.8) is 0 Å². The molecule has 0 heterocycles. The number of carbonyl (C=O) groups is 2. The molecule has 0 atom stereocenters. The largest absolute Gasteiger partial charge is 0.414 e. The van der Waals surface area contributed by atoms with Crippen LogP contribution < -0.4 is 9.47 Å². The van der Waals surface area contributed by atoms with Gasteiger partial charge in [-0.25, -0.2) is 9.59 Å². The van der Waals surface area contributed by atoms with Crippen LogP contribution in [0, 0.1) is 10.8 Å². The van der Waals surface area contributed by atoms with Gasteiger partial charge in [-0.05, 0) is 68.2 Å². The molecule has 2 aromatic rings. The highest BCUT2D eigenvalue weighted by Gasteiger charge is 2.74. The van der Waals surface area contributed by atoms with E-state index in [0.717, 1.165) is 11.1 Å². The molecule has 6 heteroatoms. The van der Waals surface area contributed by atoms with E-state index in [0.29, 0.717) is 11.5 Å². The van der Waals surface area contributed by atoms with E-state index in [2.05, 4.69) is 55.4 Å². The van der Waals surface area contributed by atoms with Crippen molar-refractivity contribution < 1.29 is 19.1 Å². The van der Waals surface area contributed by atoms with Gasteiger partial charge in [0, 0.05) is 28.6 Å². The molecule has 1 spiro atoms. The molecule has 0 amide bonds. The summed E-state index contributed by atoms with van der Waals surface area (Å²) < 4.78 is 10.6. The normalized spacial score (nSPS) is 21.9. The smallest absolute Gasteiger partial charge is 0.409 e. The van der Waals surface area contributed by atoms with Crippen LogP contribution in [0.2, 0.25) is 0 Å². The maximum Gasteiger partial charge on any atom is 0.409 e. The highest BCUT2D eigenvalue weighted by Crippen LogP contribution is 2.77. The summed E-state index contributed by atoms with van der Waals surface area (Å²) in [7, 11) is 0. The summed E-state index contributed by atoms with van der Waals surface area (Å²) in [5, 5.41) is 0. The number of ether oxygens (including phenoxy) is 2. The Morgan fingerprint density at radius 1 is 0.606 bits per heavy atom. The van der Waals surface area contributed by atoms with Crippen molar-refractivity contribution in [1.82, 2.24) is 0 Å². The summed E-state index contributed by atoms with van der Waals surface area (Å²) >= 11 is 11.1. The van der Waals surface area contributed by atoms with Gasteiger partial charge < -0.3 is 9.47 Å². The predicted octanol–water partition coefficient (Wildman–Crippen LogP) is 8.08. The van der Waals surface area contributed by atoms with E-state index in [1.54, 1.807) is 12.1 Å². The Balaban J connectivity index is 2.16. The molecule has 0 N–H and O–H groups in total. The van der Waals surface area contributed by atoms with Crippen LogP contribution in [-0.4, -0.2) is 10.9 Å². The van der Waals surface area contributed by atoms with Gasteiger partial charge in [-0.3, -0.25) is 0 Å². The van der Waals surface area contributed by atoms with Gasteiger partial charge >= 0.3 is 10.9 Å². The van der Waals surface area contributed by atoms with Crippen LogP contribution >= 0.6 is 23.2 Å². The number of halogens is 2. The number of fused-ring (bicyclic) bond motifs is 4. The summed E-state index contributed by atoms with van der Waals surface area (Å²) in [5.74, 6) is 0.819. The Bertz CT molecular complexity index is 1100. The Hall–Kier alpha value is -2.04. The minimum atomic E-state index is -0.872. The highest BCUT2D eigenvalue weighted by molar-refractivity contribution is 6.61. The molecular weight excluding hydrogens is 459 g/mol. The first-order chi connectivity index (χ1) is 15.0. The van der Waals surface area contributed by atoms with E-state index in [-0.39, 0.29) is 21.7 Å². The number of carbonyl (C=O) groups excluding carboxylic acids is 2. The number of hydrogen-bond acceptors (Lipinski definition) is 4. The van der Waals surface area contributed by atoms with Gasteiger partial charge in [0.2, 0.25) is 0 Å². The van der Waals surface area contributed by atoms with Crippen LogP contribution in [0.5, 0.6) is 11.5 Å². The quantitative estimate of drug-likeness (QED) is 0.400. The third-order valence-corrected chi connectivity index (χ3v) is 9.69. The average Bonchev–Trinajstić information content (AvgIpc) is 2.89. The minimum absolute atomic E-state index is 0.222. The first kappa shape index (κ1) is 24.1. The van der Waals surface area contributed by atoms with E-state index < -0.39 is 16.3 Å². The zero-order chi connectivity index (χ0) is 24.8. The molecule has 0 saturated carbocycles. The zero-order valence-electron chi connectivity index (χ0n) is 20.4. The topological polar surface area (TPSA) is 52.6 Å². The first-order valence-electron chi connectivity index (χ1n) is 11.1. The van der Waals surface area contributed by atoms with Crippen LogP contribution in [-0.2, 0) is 16.2 Å². The molecule has 0 bridgehead atoms. The van der Waals surface area contributed by atoms with E-state index in [1.165, 1.54) is 11.1 Å². The Kier molecular flexibility index (Phi) is 5.10. The molecule has 2 aliphatic rings. The van der Waals surface area contributed by atoms with Crippen molar-refractivity contribution in [2.75, 3.05) is 0 Å². The van der Waals surface area contributed by atoms with Crippen molar-refractivity contribution in [2.24, 2.45) is 10.8 Å². The molecule has 33 heavy (non-hydrogen) atoms. The lowest BCUT2D eigenvalue weighted by Gasteiger charge is -2.56. The van der Waals surface area contributed by atoms with Gasteiger partial charge in [-0.15, -0.1) is 0 Å². The molecule has 176 valence electrons. The standard InChI is InChI=1S/C27H30Cl2O4/c1-23(2)17-11-9-15(32-21(28)30)13-19(17)27(25(23,5)6)20-14-16(33-22(29)31)10-12-18(20)24(3,4)26(27,7)8/h9-14H,1-8H3. The van der Waals surface area contributed by atoms with Gasteiger partial charge in [0.1, 0.15) is 11.5 Å². The average molecular weight is 489 g/mol. The summed E-state index contributed by atoms with van der Waals surface area (Å²) in [6, 6.07) is 11.6. The maximum absolute atomic E-state index is 11.5. The summed E-state index contributed by atoms with van der Waals surface area (Å²) in [4.78, 5) is 23.1. The van der Waals surface area contributed by atoms with Crippen molar-refractivity contribution in [2.45, 2.75) is 71.6 Å². The van der Waals surface area contributed by atoms with Crippen LogP contribution in [0.25, 0.3) is 0 Å². The molecule has 0 radical (unpaired) electrons. The molecule has 0 aliphatic heterocycles. The van der Waals surface area contributed by atoms with Crippen molar-refractivity contribution >= 4 is 34.1 Å². The third-order valence-electron chi connectivity index (χ3n) is 9.53. The van der Waals surface area contributed by atoms with Gasteiger partial charge in [0.25, 0.3) is 0 Å². The maximum atomic E-state index is 11.5. The number of benzene rings is 2. The lowest BCUT2D eigenvalue weighted by molar-refractivity contribution is 0.00830. The second kappa shape index (κ2) is 6.99. The summed E-state index contributed by atoms with van der Waals surface area (Å²) in [6.45, 7) is 18.2. The van der Waals surface area contributed by atoms with Crippen LogP contribution in [0.15, 0.2) is 36.4 Å². The third kappa shape index (κ3) is 2.77. The molecule has 0 unspecified atom stereocenters. The molecule has 0 saturated heterocycles. The van der Waals surface area contributed by atoms with E-state index in [1.807, 2.05) is 24.3 Å². The van der Waals surface area contributed by atoms with Crippen molar-refractivity contribution in [1.29, 1.82) is 0 Å². The van der Waals surface area contributed by atoms with Crippen molar-refractivity contribution in [3.05, 3.63) is 58.7 Å². The number of hydrogen-bond donors (Lipinski definition) is 0. The van der Waals surface area contributed by atoms with Gasteiger partial charge in [0.15, 0.2) is 0 Å². The fourth-order valence-electron chi connectivity index (χ4n) is 6.95. The summed E-state index contributed by atoms with van der Waals surface area (Å²) in [6.07, 6.45) is 0. The number of rotatable bonds is 2. The van der Waals surface area contributed by atoms with E-state index >= 15 is 0 Å². The predicted molar refractivity (Wildman–Crippen MR) is 131 cm³/mol. The van der Waals surface area contributed by atoms with Crippen LogP contribution in [0.4, 0.5) is 9.59 Å². The first-order valence-corrected chi connectivity index (χ1v) is 11.8. The van der Waals surface area contributed by atoms with Crippen molar-refractivity contribution in [3.8, 4) is 11.5 Å². The Morgan fingerprint density at radius 2 is 0.939 bits per heavy atom. The Labute approximate surface area is 205 Å². The molecule has 4 nitrogen and oxygen atoms in total. The fraction of sp³-hybridized carbons (Fsp3) is 0.481. The van der Waals surface area contributed by atoms with Gasteiger partial charge in [-0.1, -0.05) is 67.5 Å². The van der Waals surface area contributed by atoms with Crippen LogP contribution in [0.3, 0.4) is 0 Å². The minimum Gasteiger partial charge on any atom is -0.414 e. The Morgan fingerprint density at radius 3 is 1.24 bits per heavy atom. The highest BCUT2D eigenvalue weighted by atomic mass is 35.5. The molecule has 0 aromatic heterocycles. The zero-order valence-corrected chi connectivity index (χ0v) is 21.9. The molecule has 0 fully saturated rings. The lowest BCUT2D eigenvalue weighted by atomic mass is 9.46. The fourth-order valence-corrected chi connectivity index (χ4v) is 7.13. The lowest BCUT2D eigenvalue weighted by Crippen LogP contribution is -2.56. The molecule has 4 rings (SSSR count).